The summed E-state index contributed by atoms with van der Waals surface area (Å²) in [6.45, 7) is 3.52. The number of rotatable bonds is 5. The smallest absolute Gasteiger partial charge is 0.202 e. The lowest BCUT2D eigenvalue weighted by atomic mass is 10.2. The second kappa shape index (κ2) is 4.95. The van der Waals surface area contributed by atoms with Crippen molar-refractivity contribution in [1.29, 1.82) is 0 Å². The van der Waals surface area contributed by atoms with Gasteiger partial charge < -0.3 is 5.73 Å². The minimum absolute atomic E-state index is 0.519. The first-order valence-electron chi connectivity index (χ1n) is 6.72. The molecule has 0 fully saturated rings. The van der Waals surface area contributed by atoms with Crippen LogP contribution in [-0.4, -0.2) is 34.3 Å². The van der Waals surface area contributed by atoms with E-state index in [1.54, 1.807) is 10.9 Å². The first kappa shape index (κ1) is 12.6. The number of imidazole rings is 1. The Hall–Kier alpha value is -2.38. The van der Waals surface area contributed by atoms with Crippen LogP contribution in [-0.2, 0) is 26.6 Å². The number of aryl methyl sites for hydroxylation is 4. The predicted octanol–water partition coefficient (Wildman–Crippen LogP) is 0.596. The summed E-state index contributed by atoms with van der Waals surface area (Å²) in [5.74, 6) is 0.519. The van der Waals surface area contributed by atoms with Crippen molar-refractivity contribution in [2.24, 2.45) is 7.05 Å². The quantitative estimate of drug-likeness (QED) is 0.735. The van der Waals surface area contributed by atoms with Crippen LogP contribution in [0.5, 0.6) is 0 Å². The molecule has 3 rings (SSSR count). The van der Waals surface area contributed by atoms with Crippen molar-refractivity contribution in [3.05, 3.63) is 18.1 Å². The van der Waals surface area contributed by atoms with Gasteiger partial charge in [0.1, 0.15) is 5.52 Å². The molecule has 2 N–H and O–H groups in total. The molecule has 0 aromatic carbocycles. The summed E-state index contributed by atoms with van der Waals surface area (Å²) >= 11 is 0. The number of hydrogen-bond donors (Lipinski definition) is 1. The summed E-state index contributed by atoms with van der Waals surface area (Å²) in [7, 11) is 1.93. The molecule has 0 unspecified atom stereocenters. The maximum atomic E-state index is 6.04. The normalized spacial score (nSPS) is 11.5. The Morgan fingerprint density at radius 3 is 2.85 bits per heavy atom. The molecule has 0 saturated carbocycles. The summed E-state index contributed by atoms with van der Waals surface area (Å²) in [6.07, 6.45) is 5.45. The van der Waals surface area contributed by atoms with E-state index in [2.05, 4.69) is 27.3 Å². The maximum Gasteiger partial charge on any atom is 0.202 e. The molecule has 106 valence electrons. The zero-order chi connectivity index (χ0) is 14.1. The molecule has 0 radical (unpaired) electrons. The Kier molecular flexibility index (Phi) is 3.13. The van der Waals surface area contributed by atoms with Crippen LogP contribution in [0.2, 0.25) is 0 Å². The third-order valence-electron chi connectivity index (χ3n) is 3.33. The molecule has 0 aliphatic rings. The Bertz CT molecular complexity index is 706. The molecule has 3 aromatic rings. The van der Waals surface area contributed by atoms with Crippen LogP contribution in [0.1, 0.15) is 19.0 Å². The highest BCUT2D eigenvalue weighted by molar-refractivity contribution is 5.77. The maximum absolute atomic E-state index is 6.04. The Balaban J connectivity index is 1.95. The van der Waals surface area contributed by atoms with Crippen LogP contribution in [0, 0.1) is 0 Å². The number of nitrogens with two attached hydrogens (primary N) is 1. The van der Waals surface area contributed by atoms with Gasteiger partial charge in [-0.1, -0.05) is 18.6 Å². The van der Waals surface area contributed by atoms with Crippen LogP contribution in [0.3, 0.4) is 0 Å². The largest absolute Gasteiger partial charge is 0.369 e. The van der Waals surface area contributed by atoms with Gasteiger partial charge in [-0.25, -0.2) is 4.98 Å². The molecular weight excluding hydrogens is 256 g/mol. The van der Waals surface area contributed by atoms with Crippen LogP contribution in [0.15, 0.2) is 12.4 Å². The van der Waals surface area contributed by atoms with Crippen molar-refractivity contribution in [3.63, 3.8) is 0 Å². The minimum Gasteiger partial charge on any atom is -0.369 e. The molecule has 0 aliphatic heterocycles. The van der Waals surface area contributed by atoms with Crippen molar-refractivity contribution < 1.29 is 0 Å². The van der Waals surface area contributed by atoms with Gasteiger partial charge in [0.15, 0.2) is 5.65 Å². The molecule has 8 heteroatoms. The fourth-order valence-electron chi connectivity index (χ4n) is 2.44. The fraction of sp³-hybridized carbons (Fsp3) is 0.500. The van der Waals surface area contributed by atoms with E-state index in [1.807, 2.05) is 22.5 Å². The standard InChI is InChI=1S/C12H18N8/c1-3-4-9-10-11(18(2)16-9)20(12(13)15-10)8-7-19-6-5-14-17-19/h5-6H,3-4,7-8H2,1-2H3,(H2,13,15). The van der Waals surface area contributed by atoms with Gasteiger partial charge in [0.05, 0.1) is 18.4 Å². The summed E-state index contributed by atoms with van der Waals surface area (Å²) in [5.41, 5.74) is 8.92. The number of aromatic nitrogens is 7. The lowest BCUT2D eigenvalue weighted by Gasteiger charge is -2.06. The molecular formula is C12H18N8. The molecule has 0 aliphatic carbocycles. The predicted molar refractivity (Wildman–Crippen MR) is 74.9 cm³/mol. The molecule has 8 nitrogen and oxygen atoms in total. The van der Waals surface area contributed by atoms with Crippen molar-refractivity contribution in [2.45, 2.75) is 32.9 Å². The third-order valence-corrected chi connectivity index (χ3v) is 3.33. The van der Waals surface area contributed by atoms with Gasteiger partial charge in [-0.2, -0.15) is 5.10 Å². The van der Waals surface area contributed by atoms with Crippen molar-refractivity contribution in [1.82, 2.24) is 34.3 Å². The Labute approximate surface area is 116 Å². The number of nitrogens with zero attached hydrogens (tertiary/aromatic N) is 7. The average molecular weight is 274 g/mol. The zero-order valence-electron chi connectivity index (χ0n) is 11.7. The number of fused-ring (bicyclic) bond motifs is 1. The third kappa shape index (κ3) is 2.02. The van der Waals surface area contributed by atoms with Crippen LogP contribution < -0.4 is 5.73 Å². The number of hydrogen-bond acceptors (Lipinski definition) is 5. The molecule has 3 aromatic heterocycles. The molecule has 0 bridgehead atoms. The van der Waals surface area contributed by atoms with E-state index >= 15 is 0 Å². The summed E-state index contributed by atoms with van der Waals surface area (Å²) in [4.78, 5) is 4.46. The topological polar surface area (TPSA) is 92.4 Å². The van der Waals surface area contributed by atoms with Gasteiger partial charge in [-0.3, -0.25) is 13.9 Å². The van der Waals surface area contributed by atoms with E-state index in [9.17, 15) is 0 Å². The first-order valence-corrected chi connectivity index (χ1v) is 6.72. The molecule has 20 heavy (non-hydrogen) atoms. The van der Waals surface area contributed by atoms with E-state index in [4.69, 9.17) is 5.73 Å². The highest BCUT2D eigenvalue weighted by Gasteiger charge is 2.17. The second-order valence-corrected chi connectivity index (χ2v) is 4.78. The molecule has 0 spiro atoms. The zero-order valence-corrected chi connectivity index (χ0v) is 11.7. The fourth-order valence-corrected chi connectivity index (χ4v) is 2.44. The lowest BCUT2D eigenvalue weighted by molar-refractivity contribution is 0.523. The van der Waals surface area contributed by atoms with E-state index < -0.39 is 0 Å². The van der Waals surface area contributed by atoms with Gasteiger partial charge in [-0.15, -0.1) is 5.10 Å². The second-order valence-electron chi connectivity index (χ2n) is 4.78. The summed E-state index contributed by atoms with van der Waals surface area (Å²) in [5, 5.41) is 12.3. The average Bonchev–Trinajstić information content (AvgIpc) is 3.08. The monoisotopic (exact) mass is 274 g/mol. The number of anilines is 1. The van der Waals surface area contributed by atoms with Crippen molar-refractivity contribution in [3.8, 4) is 0 Å². The van der Waals surface area contributed by atoms with E-state index in [-0.39, 0.29) is 0 Å². The van der Waals surface area contributed by atoms with Gasteiger partial charge >= 0.3 is 0 Å². The first-order chi connectivity index (χ1) is 9.70. The highest BCUT2D eigenvalue weighted by Crippen LogP contribution is 2.21. The van der Waals surface area contributed by atoms with E-state index in [0.717, 1.165) is 29.7 Å². The molecule has 0 atom stereocenters. The van der Waals surface area contributed by atoms with Crippen molar-refractivity contribution >= 4 is 17.1 Å². The SMILES string of the molecule is CCCc1nn(C)c2c1nc(N)n2CCn1ccnn1. The van der Waals surface area contributed by atoms with Gasteiger partial charge in [0.25, 0.3) is 0 Å². The summed E-state index contributed by atoms with van der Waals surface area (Å²) in [6, 6.07) is 0. The number of nitrogen functional groups attached to an aromatic ring is 1. The van der Waals surface area contributed by atoms with Gasteiger partial charge in [-0.05, 0) is 6.42 Å². The van der Waals surface area contributed by atoms with Crippen LogP contribution >= 0.6 is 0 Å². The minimum atomic E-state index is 0.519. The van der Waals surface area contributed by atoms with E-state index in [0.29, 0.717) is 19.0 Å². The highest BCUT2D eigenvalue weighted by atomic mass is 15.4. The van der Waals surface area contributed by atoms with E-state index in [1.165, 1.54) is 0 Å². The lowest BCUT2D eigenvalue weighted by Crippen LogP contribution is -2.12. The molecule has 0 amide bonds. The van der Waals surface area contributed by atoms with Gasteiger partial charge in [0.2, 0.25) is 5.95 Å². The van der Waals surface area contributed by atoms with Crippen LogP contribution in [0.4, 0.5) is 5.95 Å². The Morgan fingerprint density at radius 1 is 1.30 bits per heavy atom. The van der Waals surface area contributed by atoms with Gasteiger partial charge in [0, 0.05) is 19.8 Å². The Morgan fingerprint density at radius 2 is 2.15 bits per heavy atom. The van der Waals surface area contributed by atoms with Crippen molar-refractivity contribution in [2.75, 3.05) is 5.73 Å². The van der Waals surface area contributed by atoms with Crippen LogP contribution in [0.25, 0.3) is 11.2 Å². The summed E-state index contributed by atoms with van der Waals surface area (Å²) < 4.78 is 5.60. The molecule has 3 heterocycles. The molecule has 0 saturated heterocycles.